The van der Waals surface area contributed by atoms with Gasteiger partial charge in [-0.1, -0.05) is 173 Å². The third kappa shape index (κ3) is 8.65. The van der Waals surface area contributed by atoms with Gasteiger partial charge >= 0.3 is 0 Å². The largest absolute Gasteiger partial charge is 0.507 e. The van der Waals surface area contributed by atoms with Gasteiger partial charge in [-0.3, -0.25) is 9.55 Å². The molecule has 2 aromatic heterocycles. The maximum Gasteiger partial charge on any atom is 0.148 e. The summed E-state index contributed by atoms with van der Waals surface area (Å²) >= 11 is 0. The van der Waals surface area contributed by atoms with Gasteiger partial charge in [0.2, 0.25) is 0 Å². The molecule has 0 saturated heterocycles. The van der Waals surface area contributed by atoms with Crippen molar-refractivity contribution in [1.82, 2.24) is 14.5 Å². The minimum absolute atomic E-state index is 0. The van der Waals surface area contributed by atoms with Crippen molar-refractivity contribution >= 4 is 11.0 Å². The molecule has 0 spiro atoms. The van der Waals surface area contributed by atoms with Crippen LogP contribution in [0.25, 0.3) is 83.9 Å². The van der Waals surface area contributed by atoms with Crippen molar-refractivity contribution < 1.29 is 30.3 Å². The summed E-state index contributed by atoms with van der Waals surface area (Å²) in [5, 5.41) is 11.9. The average Bonchev–Trinajstić information content (AvgIpc) is 3.69. The second-order valence-electron chi connectivity index (χ2n) is 18.8. The molecule has 0 bridgehead atoms. The first-order valence-corrected chi connectivity index (χ1v) is 21.6. The van der Waals surface area contributed by atoms with E-state index >= 15 is 0 Å². The summed E-state index contributed by atoms with van der Waals surface area (Å²) in [4.78, 5) is 10.4. The van der Waals surface area contributed by atoms with E-state index in [0.717, 1.165) is 83.6 Å². The zero-order valence-electron chi connectivity index (χ0n) is 40.6. The number of para-hydroxylation sites is 1. The van der Waals surface area contributed by atoms with Crippen LogP contribution in [-0.4, -0.2) is 19.6 Å². The Morgan fingerprint density at radius 3 is 1.94 bits per heavy atom. The Morgan fingerprint density at radius 1 is 0.562 bits per heavy atom. The summed E-state index contributed by atoms with van der Waals surface area (Å²) < 4.78 is 25.8. The van der Waals surface area contributed by atoms with Crippen molar-refractivity contribution in [3.05, 3.63) is 192 Å². The number of benzene rings is 7. The van der Waals surface area contributed by atoms with Gasteiger partial charge in [-0.15, -0.1) is 23.8 Å². The van der Waals surface area contributed by atoms with Crippen molar-refractivity contribution in [3.63, 3.8) is 0 Å². The molecule has 0 saturated carbocycles. The van der Waals surface area contributed by atoms with Crippen LogP contribution in [0.15, 0.2) is 158 Å². The van der Waals surface area contributed by atoms with Gasteiger partial charge in [0.1, 0.15) is 11.6 Å². The second-order valence-corrected chi connectivity index (χ2v) is 18.8. The smallest absolute Gasteiger partial charge is 0.148 e. The number of hydrogen-bond acceptors (Lipinski definition) is 3. The van der Waals surface area contributed by atoms with Gasteiger partial charge in [0.25, 0.3) is 0 Å². The van der Waals surface area contributed by atoms with Crippen molar-refractivity contribution in [2.75, 3.05) is 0 Å². The third-order valence-corrected chi connectivity index (χ3v) is 12.1. The quantitative estimate of drug-likeness (QED) is 0.162. The van der Waals surface area contributed by atoms with Crippen LogP contribution in [0.3, 0.4) is 0 Å². The molecule has 0 aliphatic heterocycles. The number of aromatic nitrogens is 3. The molecule has 64 heavy (non-hydrogen) atoms. The molecular formula is C59H54N3OPt-. The first kappa shape index (κ1) is 40.4. The second kappa shape index (κ2) is 17.3. The van der Waals surface area contributed by atoms with Crippen molar-refractivity contribution in [1.29, 1.82) is 0 Å². The number of fused-ring (bicyclic) bond motifs is 1. The number of nitrogens with zero attached hydrogens (tertiary/aromatic N) is 3. The van der Waals surface area contributed by atoms with Crippen LogP contribution < -0.4 is 0 Å². The summed E-state index contributed by atoms with van der Waals surface area (Å²) in [5.74, 6) is 0.830. The monoisotopic (exact) mass is 1020 g/mol. The number of pyridine rings is 1. The predicted molar refractivity (Wildman–Crippen MR) is 264 cm³/mol. The molecule has 0 radical (unpaired) electrons. The number of aryl methyl sites for hydroxylation is 3. The number of rotatable bonds is 7. The molecule has 9 aromatic rings. The normalized spacial score (nSPS) is 12.7. The number of imidazole rings is 1. The predicted octanol–water partition coefficient (Wildman–Crippen LogP) is 15.4. The van der Waals surface area contributed by atoms with E-state index in [1.54, 1.807) is 18.3 Å². The minimum atomic E-state index is -2.18. The molecule has 9 rings (SSSR count). The van der Waals surface area contributed by atoms with E-state index in [1.165, 1.54) is 11.1 Å². The summed E-state index contributed by atoms with van der Waals surface area (Å²) in [6, 6.07) is 55.3. The fourth-order valence-corrected chi connectivity index (χ4v) is 8.52. The number of hydrogen-bond donors (Lipinski definition) is 1. The average molecular weight is 1020 g/mol. The molecule has 0 amide bonds. The topological polar surface area (TPSA) is 50.9 Å². The van der Waals surface area contributed by atoms with E-state index in [-0.39, 0.29) is 37.6 Å². The number of phenolic OH excluding ortho intramolecular Hbond substituents is 1. The number of aromatic hydroxyl groups is 1. The standard InChI is InChI=1S/C59H54N3O.Pt/c1-37-18-20-41(21-19-37)43-28-29-60-52(35-43)46-33-44(40-14-11-10-12-15-40)32-45(34-46)49-16-13-17-54-55(49)61-57(51-31-38(2)30-39(3)56(51)63)62(54)53-27-26-48(59(7,8)9)36-50(53)42-22-24-47(25-23-42)58(4,5)6;/h10-33,35-36,63H,1-9H3;/q-1;/i1D3;. The van der Waals surface area contributed by atoms with Gasteiger partial charge in [0, 0.05) is 42.6 Å². The van der Waals surface area contributed by atoms with Gasteiger partial charge in [-0.2, -0.15) is 0 Å². The Hall–Kier alpha value is -6.35. The Kier molecular flexibility index (Phi) is 10.9. The van der Waals surface area contributed by atoms with Crippen LogP contribution >= 0.6 is 0 Å². The summed E-state index contributed by atoms with van der Waals surface area (Å²) in [7, 11) is 0. The van der Waals surface area contributed by atoms with E-state index < -0.39 is 6.85 Å². The summed E-state index contributed by atoms with van der Waals surface area (Å²) in [6.07, 6.45) is 1.79. The fraction of sp³-hybridized carbons (Fsp3) is 0.186. The maximum absolute atomic E-state index is 11.9. The number of phenols is 1. The van der Waals surface area contributed by atoms with Gasteiger partial charge in [-0.25, -0.2) is 4.98 Å². The van der Waals surface area contributed by atoms with E-state index in [4.69, 9.17) is 14.1 Å². The minimum Gasteiger partial charge on any atom is -0.507 e. The Balaban J connectivity index is 0.00000608. The molecule has 2 heterocycles. The Bertz CT molecular complexity index is 3270. The van der Waals surface area contributed by atoms with E-state index in [1.807, 2.05) is 61.5 Å². The third-order valence-electron chi connectivity index (χ3n) is 12.1. The first-order valence-electron chi connectivity index (χ1n) is 23.1. The van der Waals surface area contributed by atoms with Crippen LogP contribution in [0, 0.1) is 26.8 Å². The van der Waals surface area contributed by atoms with E-state index in [9.17, 15) is 5.11 Å². The van der Waals surface area contributed by atoms with Gasteiger partial charge in [0.15, 0.2) is 0 Å². The summed E-state index contributed by atoms with van der Waals surface area (Å²) in [6.45, 7) is 15.2. The molecular weight excluding hydrogens is 962 g/mol. The van der Waals surface area contributed by atoms with Crippen molar-refractivity contribution in [2.45, 2.75) is 73.1 Å². The van der Waals surface area contributed by atoms with Gasteiger partial charge in [0.05, 0.1) is 22.3 Å². The van der Waals surface area contributed by atoms with Gasteiger partial charge < -0.3 is 5.11 Å². The molecule has 4 nitrogen and oxygen atoms in total. The SMILES string of the molecule is [2H]C([2H])([2H])c1ccc(-c2ccnc(-c3[c-]c(-c4cccc5c4nc(-c4cc(C)cc(C)c4O)n5-c4ccc(C(C)(C)C)cc4-c4ccc(C(C)(C)C)cc4)cc(-c4ccccc4)c3)c2)cc1.[Pt]. The summed E-state index contributed by atoms with van der Waals surface area (Å²) in [5.41, 5.74) is 17.0. The molecule has 5 heteroatoms. The Morgan fingerprint density at radius 2 is 1.23 bits per heavy atom. The zero-order valence-corrected chi connectivity index (χ0v) is 39.9. The molecule has 0 aliphatic rings. The van der Waals surface area contributed by atoms with Crippen LogP contribution in [0.1, 0.15) is 73.5 Å². The van der Waals surface area contributed by atoms with Crippen LogP contribution in [0.2, 0.25) is 0 Å². The molecule has 1 N–H and O–H groups in total. The van der Waals surface area contributed by atoms with Crippen molar-refractivity contribution in [2.24, 2.45) is 0 Å². The van der Waals surface area contributed by atoms with Crippen LogP contribution in [-0.2, 0) is 31.9 Å². The Labute approximate surface area is 397 Å². The zero-order chi connectivity index (χ0) is 46.7. The molecule has 7 aromatic carbocycles. The van der Waals surface area contributed by atoms with E-state index in [0.29, 0.717) is 17.0 Å². The molecule has 0 unspecified atom stereocenters. The van der Waals surface area contributed by atoms with Crippen molar-refractivity contribution in [3.8, 4) is 78.6 Å². The molecule has 0 fully saturated rings. The van der Waals surface area contributed by atoms with Gasteiger partial charge in [-0.05, 0) is 106 Å². The fourth-order valence-electron chi connectivity index (χ4n) is 8.52. The molecule has 0 atom stereocenters. The van der Waals surface area contributed by atoms with Crippen LogP contribution in [0.4, 0.5) is 0 Å². The first-order chi connectivity index (χ1) is 31.3. The van der Waals surface area contributed by atoms with E-state index in [2.05, 4.69) is 144 Å². The maximum atomic E-state index is 11.9. The molecule has 322 valence electrons. The van der Waals surface area contributed by atoms with Crippen LogP contribution in [0.5, 0.6) is 5.75 Å². The molecule has 0 aliphatic carbocycles.